The second-order valence-electron chi connectivity index (χ2n) is 8.16. The Kier molecular flexibility index (Phi) is 8.54. The average molecular weight is 460 g/mol. The summed E-state index contributed by atoms with van der Waals surface area (Å²) >= 11 is 1.25. The number of amides is 2. The molecule has 0 fully saturated rings. The van der Waals surface area contributed by atoms with Gasteiger partial charge in [-0.2, -0.15) is 0 Å². The number of ether oxygens (including phenoxy) is 1. The molecule has 0 bridgehead atoms. The van der Waals surface area contributed by atoms with Crippen molar-refractivity contribution in [2.45, 2.75) is 59.5 Å². The number of aryl methyl sites for hydroxylation is 2. The van der Waals surface area contributed by atoms with E-state index in [1.165, 1.54) is 18.3 Å². The molecule has 0 unspecified atom stereocenters. The molecule has 0 aliphatic heterocycles. The van der Waals surface area contributed by atoms with Gasteiger partial charge in [0.25, 0.3) is 0 Å². The highest BCUT2D eigenvalue weighted by Gasteiger charge is 2.16. The fourth-order valence-corrected chi connectivity index (χ4v) is 3.80. The summed E-state index contributed by atoms with van der Waals surface area (Å²) in [5, 5.41) is 15.1. The number of benzene rings is 1. The van der Waals surface area contributed by atoms with Gasteiger partial charge < -0.3 is 15.2 Å². The largest absolute Gasteiger partial charge is 0.478 e. The highest BCUT2D eigenvalue weighted by molar-refractivity contribution is 7.16. The molecule has 0 spiro atoms. The van der Waals surface area contributed by atoms with Crippen LogP contribution in [-0.2, 0) is 27.2 Å². The van der Waals surface area contributed by atoms with Crippen molar-refractivity contribution < 1.29 is 24.2 Å². The summed E-state index contributed by atoms with van der Waals surface area (Å²) in [7, 11) is 0. The first-order chi connectivity index (χ1) is 15.0. The maximum Gasteiger partial charge on any atom is 0.412 e. The molecular weight excluding hydrogens is 430 g/mol. The van der Waals surface area contributed by atoms with Crippen molar-refractivity contribution in [1.82, 2.24) is 4.98 Å². The molecule has 0 saturated carbocycles. The maximum absolute atomic E-state index is 11.9. The summed E-state index contributed by atoms with van der Waals surface area (Å²) in [6.07, 6.45) is 2.71. The van der Waals surface area contributed by atoms with Crippen molar-refractivity contribution >= 4 is 46.2 Å². The summed E-state index contributed by atoms with van der Waals surface area (Å²) in [5.74, 6) is -1.20. The summed E-state index contributed by atoms with van der Waals surface area (Å²) in [6.45, 7) is 8.58. The fourth-order valence-electron chi connectivity index (χ4n) is 2.77. The molecule has 0 saturated heterocycles. The zero-order valence-corrected chi connectivity index (χ0v) is 19.8. The van der Waals surface area contributed by atoms with Crippen LogP contribution in [0.25, 0.3) is 6.08 Å². The summed E-state index contributed by atoms with van der Waals surface area (Å²) < 4.78 is 5.24. The molecule has 2 amide bonds. The topological polar surface area (TPSA) is 118 Å². The number of aromatic nitrogens is 1. The lowest BCUT2D eigenvalue weighted by Crippen LogP contribution is -2.27. The first-order valence-electron chi connectivity index (χ1n) is 10.3. The van der Waals surface area contributed by atoms with Gasteiger partial charge in [0.1, 0.15) is 5.60 Å². The normalized spacial score (nSPS) is 11.7. The van der Waals surface area contributed by atoms with Crippen molar-refractivity contribution in [1.29, 1.82) is 0 Å². The van der Waals surface area contributed by atoms with Gasteiger partial charge in [-0.1, -0.05) is 30.4 Å². The van der Waals surface area contributed by atoms with E-state index in [-0.39, 0.29) is 11.5 Å². The average Bonchev–Trinajstić information content (AvgIpc) is 3.04. The smallest absolute Gasteiger partial charge is 0.412 e. The van der Waals surface area contributed by atoms with Crippen molar-refractivity contribution in [2.24, 2.45) is 0 Å². The van der Waals surface area contributed by atoms with Crippen LogP contribution in [0.3, 0.4) is 0 Å². The van der Waals surface area contributed by atoms with Crippen LogP contribution in [0.4, 0.5) is 15.6 Å². The third kappa shape index (κ3) is 8.14. The van der Waals surface area contributed by atoms with Crippen LogP contribution in [0.15, 0.2) is 29.8 Å². The van der Waals surface area contributed by atoms with Gasteiger partial charge in [-0.15, -0.1) is 0 Å². The highest BCUT2D eigenvalue weighted by Crippen LogP contribution is 2.27. The first-order valence-corrected chi connectivity index (χ1v) is 11.1. The Balaban J connectivity index is 2.12. The zero-order valence-electron chi connectivity index (χ0n) is 18.9. The number of carboxylic acid groups (broad SMARTS) is 1. The number of nitrogens with zero attached hydrogens (tertiary/aromatic N) is 1. The minimum Gasteiger partial charge on any atom is -0.478 e. The first kappa shape index (κ1) is 25.1. The molecule has 0 aliphatic rings. The van der Waals surface area contributed by atoms with Gasteiger partial charge in [0, 0.05) is 18.2 Å². The number of carbonyl (C=O) groups excluding carboxylic acids is 2. The summed E-state index contributed by atoms with van der Waals surface area (Å²) in [6, 6.07) is 7.39. The van der Waals surface area contributed by atoms with Crippen LogP contribution in [0.1, 0.15) is 57.2 Å². The number of carbonyl (C=O) groups is 3. The molecule has 3 N–H and O–H groups in total. The van der Waals surface area contributed by atoms with Crippen molar-refractivity contribution in [2.75, 3.05) is 10.6 Å². The highest BCUT2D eigenvalue weighted by atomic mass is 32.1. The van der Waals surface area contributed by atoms with Crippen LogP contribution in [-0.4, -0.2) is 33.7 Å². The number of rotatable bonds is 8. The molecule has 0 radical (unpaired) electrons. The Bertz CT molecular complexity index is 1000. The van der Waals surface area contributed by atoms with Crippen LogP contribution in [0, 0.1) is 0 Å². The number of carboxylic acids is 1. The maximum atomic E-state index is 11.9. The third-order valence-electron chi connectivity index (χ3n) is 4.22. The Morgan fingerprint density at radius 2 is 1.78 bits per heavy atom. The van der Waals surface area contributed by atoms with Gasteiger partial charge in [-0.25, -0.2) is 14.6 Å². The van der Waals surface area contributed by atoms with Crippen molar-refractivity contribution in [3.8, 4) is 0 Å². The van der Waals surface area contributed by atoms with E-state index in [2.05, 4.69) is 15.6 Å². The molecule has 32 heavy (non-hydrogen) atoms. The fraction of sp³-hybridized carbons (Fsp3) is 0.391. The minimum atomic E-state index is -0.971. The number of hydrogen-bond donors (Lipinski definition) is 3. The van der Waals surface area contributed by atoms with Gasteiger partial charge in [-0.05, 0) is 63.8 Å². The standard InChI is InChI=1S/C23H29N3O5S/c1-6-16(20(28)29)13-19-18(26-21(32-19)24-14(2)27)12-9-15-7-10-17(11-8-15)25-22(30)31-23(3,4)5/h7-8,10-11,13H,6,9,12H2,1-5H3,(H,25,30)(H,28,29)(H,24,26,27)/b16-13+. The second-order valence-corrected chi connectivity index (χ2v) is 9.19. The molecule has 1 aromatic carbocycles. The van der Waals surface area contributed by atoms with Gasteiger partial charge in [0.2, 0.25) is 5.91 Å². The number of anilines is 2. The van der Waals surface area contributed by atoms with Crippen LogP contribution < -0.4 is 10.6 Å². The van der Waals surface area contributed by atoms with Gasteiger partial charge in [0.05, 0.1) is 10.6 Å². The molecular formula is C23H29N3O5S. The second kappa shape index (κ2) is 10.9. The lowest BCUT2D eigenvalue weighted by molar-refractivity contribution is -0.132. The lowest BCUT2D eigenvalue weighted by atomic mass is 10.1. The minimum absolute atomic E-state index is 0.233. The van der Waals surface area contributed by atoms with Crippen LogP contribution in [0.5, 0.6) is 0 Å². The molecule has 1 heterocycles. The predicted octanol–water partition coefficient (Wildman–Crippen LogP) is 5.11. The van der Waals surface area contributed by atoms with E-state index < -0.39 is 17.7 Å². The molecule has 9 heteroatoms. The zero-order chi connectivity index (χ0) is 23.9. The third-order valence-corrected chi connectivity index (χ3v) is 5.18. The Morgan fingerprint density at radius 3 is 2.31 bits per heavy atom. The monoisotopic (exact) mass is 459 g/mol. The van der Waals surface area contributed by atoms with E-state index in [1.807, 2.05) is 12.1 Å². The Morgan fingerprint density at radius 1 is 1.12 bits per heavy atom. The summed E-state index contributed by atoms with van der Waals surface area (Å²) in [4.78, 5) is 39.9. The van der Waals surface area contributed by atoms with E-state index in [0.717, 1.165) is 16.1 Å². The Hall–Kier alpha value is -3.20. The van der Waals surface area contributed by atoms with Crippen LogP contribution >= 0.6 is 11.3 Å². The number of thiazole rings is 1. The van der Waals surface area contributed by atoms with Crippen LogP contribution in [0.2, 0.25) is 0 Å². The SMILES string of the molecule is CC/C(=C\c1sc(NC(C)=O)nc1CCc1ccc(NC(=O)OC(C)(C)C)cc1)C(=O)O. The van der Waals surface area contributed by atoms with Gasteiger partial charge in [-0.3, -0.25) is 10.1 Å². The van der Waals surface area contributed by atoms with Crippen molar-refractivity contribution in [3.63, 3.8) is 0 Å². The number of nitrogens with one attached hydrogen (secondary N) is 2. The molecule has 172 valence electrons. The quantitative estimate of drug-likeness (QED) is 0.472. The number of aliphatic carboxylic acids is 1. The van der Waals surface area contributed by atoms with E-state index >= 15 is 0 Å². The van der Waals surface area contributed by atoms with Crippen molar-refractivity contribution in [3.05, 3.63) is 46.0 Å². The van der Waals surface area contributed by atoms with E-state index in [9.17, 15) is 19.5 Å². The molecule has 1 aromatic heterocycles. The Labute approximate surface area is 191 Å². The lowest BCUT2D eigenvalue weighted by Gasteiger charge is -2.19. The molecule has 2 rings (SSSR count). The van der Waals surface area contributed by atoms with E-state index in [0.29, 0.717) is 30.1 Å². The number of hydrogen-bond acceptors (Lipinski definition) is 6. The van der Waals surface area contributed by atoms with E-state index in [1.54, 1.807) is 45.9 Å². The molecule has 2 aromatic rings. The van der Waals surface area contributed by atoms with Gasteiger partial charge >= 0.3 is 12.1 Å². The van der Waals surface area contributed by atoms with Gasteiger partial charge in [0.15, 0.2) is 5.13 Å². The summed E-state index contributed by atoms with van der Waals surface area (Å²) in [5.41, 5.74) is 2.08. The predicted molar refractivity (Wildman–Crippen MR) is 126 cm³/mol. The van der Waals surface area contributed by atoms with E-state index in [4.69, 9.17) is 4.74 Å². The molecule has 8 nitrogen and oxygen atoms in total. The molecule has 0 atom stereocenters. The molecule has 0 aliphatic carbocycles.